The molecule has 7 heteroatoms. The summed E-state index contributed by atoms with van der Waals surface area (Å²) in [6, 6.07) is 4.64. The highest BCUT2D eigenvalue weighted by Crippen LogP contribution is 2.32. The van der Waals surface area contributed by atoms with Crippen LogP contribution in [0.5, 0.6) is 0 Å². The van der Waals surface area contributed by atoms with Crippen LogP contribution in [0.3, 0.4) is 0 Å². The molecule has 0 heterocycles. The van der Waals surface area contributed by atoms with Crippen LogP contribution in [0.15, 0.2) is 18.2 Å². The number of benzene rings is 1. The number of para-hydroxylation sites is 1. The number of nitrogens with one attached hydrogen (secondary N) is 1. The van der Waals surface area contributed by atoms with Crippen molar-refractivity contribution in [1.29, 1.82) is 0 Å². The third kappa shape index (κ3) is 3.73. The normalized spacial score (nSPS) is 21.2. The molecule has 1 saturated carbocycles. The van der Waals surface area contributed by atoms with Gasteiger partial charge >= 0.3 is 11.7 Å². The predicted octanol–water partition coefficient (Wildman–Crippen LogP) is 2.49. The molecule has 0 amide bonds. The first-order valence-electron chi connectivity index (χ1n) is 7.42. The Morgan fingerprint density at radius 1 is 1.41 bits per heavy atom. The number of nitro benzene ring substituents is 1. The van der Waals surface area contributed by atoms with E-state index in [9.17, 15) is 20.0 Å². The van der Waals surface area contributed by atoms with Gasteiger partial charge in [0.25, 0.3) is 0 Å². The van der Waals surface area contributed by atoms with Gasteiger partial charge in [-0.25, -0.2) is 4.79 Å². The SMILES string of the molecule is CCOC(=O)c1cccc(NC2CCC(O)CC2)c1[N+](=O)[O-]. The second-order valence-corrected chi connectivity index (χ2v) is 5.33. The number of esters is 1. The summed E-state index contributed by atoms with van der Waals surface area (Å²) in [4.78, 5) is 22.7. The average Bonchev–Trinajstić information content (AvgIpc) is 2.49. The van der Waals surface area contributed by atoms with Gasteiger partial charge in [-0.15, -0.1) is 0 Å². The van der Waals surface area contributed by atoms with E-state index < -0.39 is 10.9 Å². The largest absolute Gasteiger partial charge is 0.462 e. The van der Waals surface area contributed by atoms with Crippen molar-refractivity contribution in [1.82, 2.24) is 0 Å². The van der Waals surface area contributed by atoms with Crippen LogP contribution in [0.1, 0.15) is 43.0 Å². The molecule has 1 aliphatic carbocycles. The zero-order chi connectivity index (χ0) is 16.1. The smallest absolute Gasteiger partial charge is 0.345 e. The Kier molecular flexibility index (Phi) is 5.32. The molecule has 0 spiro atoms. The van der Waals surface area contributed by atoms with Crippen molar-refractivity contribution in [3.05, 3.63) is 33.9 Å². The summed E-state index contributed by atoms with van der Waals surface area (Å²) in [6.07, 6.45) is 2.52. The molecule has 0 unspecified atom stereocenters. The molecule has 1 fully saturated rings. The maximum absolute atomic E-state index is 11.9. The van der Waals surface area contributed by atoms with Gasteiger partial charge in [-0.1, -0.05) is 6.07 Å². The lowest BCUT2D eigenvalue weighted by atomic mass is 9.93. The van der Waals surface area contributed by atoms with Crippen molar-refractivity contribution in [2.24, 2.45) is 0 Å². The topological polar surface area (TPSA) is 102 Å². The highest BCUT2D eigenvalue weighted by Gasteiger charge is 2.27. The van der Waals surface area contributed by atoms with Crippen molar-refractivity contribution in [2.45, 2.75) is 44.8 Å². The third-order valence-corrected chi connectivity index (χ3v) is 3.77. The van der Waals surface area contributed by atoms with Gasteiger partial charge in [-0.2, -0.15) is 0 Å². The number of carbonyl (C=O) groups excluding carboxylic acids is 1. The molecule has 7 nitrogen and oxygen atoms in total. The molecule has 0 bridgehead atoms. The number of nitrogens with zero attached hydrogens (tertiary/aromatic N) is 1. The van der Waals surface area contributed by atoms with E-state index in [0.717, 1.165) is 12.8 Å². The number of hydrogen-bond acceptors (Lipinski definition) is 6. The molecular formula is C15H20N2O5. The van der Waals surface area contributed by atoms with Crippen LogP contribution in [0, 0.1) is 10.1 Å². The lowest BCUT2D eigenvalue weighted by molar-refractivity contribution is -0.384. The monoisotopic (exact) mass is 308 g/mol. The molecular weight excluding hydrogens is 288 g/mol. The van der Waals surface area contributed by atoms with Crippen LogP contribution >= 0.6 is 0 Å². The van der Waals surface area contributed by atoms with E-state index in [-0.39, 0.29) is 30.0 Å². The number of rotatable bonds is 5. The summed E-state index contributed by atoms with van der Waals surface area (Å²) >= 11 is 0. The van der Waals surface area contributed by atoms with Gasteiger partial charge in [0.1, 0.15) is 11.3 Å². The molecule has 0 aliphatic heterocycles. The summed E-state index contributed by atoms with van der Waals surface area (Å²) in [7, 11) is 0. The Morgan fingerprint density at radius 3 is 2.68 bits per heavy atom. The minimum Gasteiger partial charge on any atom is -0.462 e. The number of nitro groups is 1. The van der Waals surface area contributed by atoms with Crippen LogP contribution in [0.25, 0.3) is 0 Å². The molecule has 1 aromatic rings. The first kappa shape index (κ1) is 16.2. The average molecular weight is 308 g/mol. The number of anilines is 1. The summed E-state index contributed by atoms with van der Waals surface area (Å²) in [6.45, 7) is 1.81. The summed E-state index contributed by atoms with van der Waals surface area (Å²) in [5.41, 5.74) is 0.0108. The predicted molar refractivity (Wildman–Crippen MR) is 80.9 cm³/mol. The van der Waals surface area contributed by atoms with E-state index in [0.29, 0.717) is 18.5 Å². The third-order valence-electron chi connectivity index (χ3n) is 3.77. The van der Waals surface area contributed by atoms with Gasteiger partial charge in [0.2, 0.25) is 0 Å². The van der Waals surface area contributed by atoms with Crippen molar-refractivity contribution < 1.29 is 19.6 Å². The molecule has 2 N–H and O–H groups in total. The molecule has 22 heavy (non-hydrogen) atoms. The number of ether oxygens (including phenoxy) is 1. The second-order valence-electron chi connectivity index (χ2n) is 5.33. The molecule has 2 rings (SSSR count). The molecule has 1 aliphatic rings. The summed E-state index contributed by atoms with van der Waals surface area (Å²) < 4.78 is 4.87. The second kappa shape index (κ2) is 7.22. The van der Waals surface area contributed by atoms with E-state index >= 15 is 0 Å². The molecule has 0 aromatic heterocycles. The lowest BCUT2D eigenvalue weighted by Gasteiger charge is -2.27. The van der Waals surface area contributed by atoms with E-state index in [4.69, 9.17) is 4.74 Å². The van der Waals surface area contributed by atoms with Gasteiger partial charge in [-0.05, 0) is 44.7 Å². The minimum atomic E-state index is -0.697. The van der Waals surface area contributed by atoms with Gasteiger partial charge < -0.3 is 15.2 Å². The van der Waals surface area contributed by atoms with E-state index in [1.807, 2.05) is 0 Å². The van der Waals surface area contributed by atoms with Crippen LogP contribution in [-0.4, -0.2) is 34.8 Å². The van der Waals surface area contributed by atoms with Gasteiger partial charge in [0.15, 0.2) is 0 Å². The number of carbonyl (C=O) groups is 1. The standard InChI is InChI=1S/C15H20N2O5/c1-2-22-15(19)12-4-3-5-13(14(12)17(20)21)16-10-6-8-11(18)9-7-10/h3-5,10-11,16,18H,2,6-9H2,1H3. The van der Waals surface area contributed by atoms with Crippen molar-refractivity contribution >= 4 is 17.3 Å². The van der Waals surface area contributed by atoms with Gasteiger partial charge in [-0.3, -0.25) is 10.1 Å². The Morgan fingerprint density at radius 2 is 2.09 bits per heavy atom. The van der Waals surface area contributed by atoms with E-state index in [1.165, 1.54) is 6.07 Å². The van der Waals surface area contributed by atoms with Crippen molar-refractivity contribution in [3.63, 3.8) is 0 Å². The first-order valence-corrected chi connectivity index (χ1v) is 7.42. The first-order chi connectivity index (χ1) is 10.5. The van der Waals surface area contributed by atoms with E-state index in [1.54, 1.807) is 19.1 Å². The Hall–Kier alpha value is -2.15. The zero-order valence-corrected chi connectivity index (χ0v) is 12.4. The van der Waals surface area contributed by atoms with Crippen molar-refractivity contribution in [2.75, 3.05) is 11.9 Å². The fourth-order valence-corrected chi connectivity index (χ4v) is 2.67. The van der Waals surface area contributed by atoms with Gasteiger partial charge in [0, 0.05) is 6.04 Å². The number of aliphatic hydroxyl groups excluding tert-OH is 1. The highest BCUT2D eigenvalue weighted by atomic mass is 16.6. The molecule has 120 valence electrons. The maximum atomic E-state index is 11.9. The fourth-order valence-electron chi connectivity index (χ4n) is 2.67. The fraction of sp³-hybridized carbons (Fsp3) is 0.533. The summed E-state index contributed by atoms with van der Waals surface area (Å²) in [5.74, 6) is -0.697. The zero-order valence-electron chi connectivity index (χ0n) is 12.4. The molecule has 0 saturated heterocycles. The Balaban J connectivity index is 2.25. The lowest BCUT2D eigenvalue weighted by Crippen LogP contribution is -2.28. The molecule has 0 radical (unpaired) electrons. The minimum absolute atomic E-state index is 0.0484. The number of hydrogen-bond donors (Lipinski definition) is 2. The maximum Gasteiger partial charge on any atom is 0.345 e. The van der Waals surface area contributed by atoms with Crippen LogP contribution < -0.4 is 5.32 Å². The molecule has 1 aromatic carbocycles. The highest BCUT2D eigenvalue weighted by molar-refractivity contribution is 5.96. The Bertz CT molecular complexity index is 553. The Labute approximate surface area is 128 Å². The number of aliphatic hydroxyl groups is 1. The van der Waals surface area contributed by atoms with Crippen LogP contribution in [0.4, 0.5) is 11.4 Å². The van der Waals surface area contributed by atoms with Crippen LogP contribution in [0.2, 0.25) is 0 Å². The van der Waals surface area contributed by atoms with E-state index in [2.05, 4.69) is 5.32 Å². The summed E-state index contributed by atoms with van der Waals surface area (Å²) in [5, 5.41) is 24.0. The van der Waals surface area contributed by atoms with Gasteiger partial charge in [0.05, 0.1) is 17.6 Å². The quantitative estimate of drug-likeness (QED) is 0.492. The molecule has 0 atom stereocenters. The van der Waals surface area contributed by atoms with Crippen LogP contribution in [-0.2, 0) is 4.74 Å². The van der Waals surface area contributed by atoms with Crippen molar-refractivity contribution in [3.8, 4) is 0 Å².